The predicted molar refractivity (Wildman–Crippen MR) is 83.9 cm³/mol. The minimum atomic E-state index is -0.257. The maximum atomic E-state index is 11.3. The lowest BCUT2D eigenvalue weighted by Crippen LogP contribution is -2.32. The summed E-state index contributed by atoms with van der Waals surface area (Å²) in [6.07, 6.45) is 0. The average Bonchev–Trinajstić information content (AvgIpc) is 3.09. The van der Waals surface area contributed by atoms with Gasteiger partial charge in [-0.1, -0.05) is 30.3 Å². The van der Waals surface area contributed by atoms with Crippen molar-refractivity contribution in [2.45, 2.75) is 6.92 Å². The van der Waals surface area contributed by atoms with Crippen LogP contribution >= 0.6 is 11.3 Å². The Morgan fingerprint density at radius 3 is 2.86 bits per heavy atom. The van der Waals surface area contributed by atoms with Gasteiger partial charge in [0, 0.05) is 16.6 Å². The molecule has 0 saturated heterocycles. The number of hydrogen-bond donors (Lipinski definition) is 1. The third-order valence-corrected chi connectivity index (χ3v) is 4.35. The summed E-state index contributed by atoms with van der Waals surface area (Å²) in [7, 11) is 0. The third kappa shape index (κ3) is 1.98. The smallest absolute Gasteiger partial charge is 0.278 e. The number of imidazole rings is 1. The fraction of sp³-hybridized carbons (Fsp3) is 0.133. The number of aromatic nitrogens is 2. The number of hydrazone groups is 1. The Morgan fingerprint density at radius 1 is 1.32 bits per heavy atom. The molecule has 3 aromatic rings. The van der Waals surface area contributed by atoms with Crippen molar-refractivity contribution in [2.24, 2.45) is 5.10 Å². The molecule has 0 aliphatic carbocycles. The number of carbonyl (C=O) groups is 1. The first kappa shape index (κ1) is 13.0. The van der Waals surface area contributed by atoms with E-state index < -0.39 is 0 Å². The van der Waals surface area contributed by atoms with E-state index in [-0.39, 0.29) is 12.5 Å². The Bertz CT molecular complexity index is 895. The van der Waals surface area contributed by atoms with Gasteiger partial charge >= 0.3 is 0 Å². The maximum absolute atomic E-state index is 11.3. The fourth-order valence-corrected chi connectivity index (χ4v) is 3.29. The van der Waals surface area contributed by atoms with Crippen LogP contribution in [0.3, 0.4) is 0 Å². The van der Waals surface area contributed by atoms with Crippen LogP contribution in [0.1, 0.15) is 11.4 Å². The lowest BCUT2D eigenvalue weighted by atomic mass is 10.1. The Balaban J connectivity index is 1.98. The summed E-state index contributed by atoms with van der Waals surface area (Å²) in [5.74, 6) is 0.125. The first-order chi connectivity index (χ1) is 10.7. The molecule has 2 aromatic heterocycles. The van der Waals surface area contributed by atoms with Crippen LogP contribution < -0.4 is 5.43 Å². The molecule has 0 saturated carbocycles. The summed E-state index contributed by atoms with van der Waals surface area (Å²) in [6, 6.07) is 9.87. The molecule has 1 aliphatic rings. The van der Waals surface area contributed by atoms with E-state index in [1.807, 2.05) is 47.0 Å². The zero-order chi connectivity index (χ0) is 15.1. The highest BCUT2D eigenvalue weighted by Gasteiger charge is 2.25. The van der Waals surface area contributed by atoms with Crippen LogP contribution in [0.25, 0.3) is 16.2 Å². The Kier molecular flexibility index (Phi) is 2.93. The molecule has 0 atom stereocenters. The number of rotatable bonds is 2. The monoisotopic (exact) mass is 312 g/mol. The van der Waals surface area contributed by atoms with Crippen molar-refractivity contribution in [3.8, 4) is 11.3 Å². The maximum Gasteiger partial charge on any atom is 0.278 e. The van der Waals surface area contributed by atoms with E-state index in [1.165, 1.54) is 0 Å². The molecule has 0 unspecified atom stereocenters. The average molecular weight is 312 g/mol. The van der Waals surface area contributed by atoms with Crippen molar-refractivity contribution in [3.63, 3.8) is 0 Å². The van der Waals surface area contributed by atoms with Crippen molar-refractivity contribution >= 4 is 28.1 Å². The highest BCUT2D eigenvalue weighted by Crippen LogP contribution is 2.29. The van der Waals surface area contributed by atoms with Crippen LogP contribution in [0.4, 0.5) is 0 Å². The zero-order valence-electron chi connectivity index (χ0n) is 11.7. The Morgan fingerprint density at radius 2 is 2.14 bits per heavy atom. The normalized spacial score (nSPS) is 14.6. The van der Waals surface area contributed by atoms with Gasteiger partial charge in [0.15, 0.2) is 11.6 Å². The number of benzene rings is 1. The number of aryl methyl sites for hydroxylation is 1. The highest BCUT2D eigenvalue weighted by atomic mass is 32.1. The lowest BCUT2D eigenvalue weighted by molar-refractivity contribution is -0.124. The van der Waals surface area contributed by atoms with Gasteiger partial charge in [-0.2, -0.15) is 0 Å². The van der Waals surface area contributed by atoms with E-state index in [0.717, 1.165) is 27.6 Å². The second-order valence-electron chi connectivity index (χ2n) is 4.91. The molecule has 110 valence electrons. The molecule has 1 aromatic carbocycles. The number of thiazole rings is 1. The topological polar surface area (TPSA) is 68.0 Å². The van der Waals surface area contributed by atoms with Crippen molar-refractivity contribution in [1.29, 1.82) is 0 Å². The van der Waals surface area contributed by atoms with Gasteiger partial charge in [-0.3, -0.25) is 9.20 Å². The van der Waals surface area contributed by atoms with Crippen molar-refractivity contribution in [2.75, 3.05) is 6.61 Å². The molecule has 22 heavy (non-hydrogen) atoms. The molecule has 6 nitrogen and oxygen atoms in total. The second-order valence-corrected chi connectivity index (χ2v) is 5.75. The van der Waals surface area contributed by atoms with Crippen LogP contribution in [-0.4, -0.2) is 27.8 Å². The van der Waals surface area contributed by atoms with Crippen molar-refractivity contribution < 1.29 is 9.53 Å². The van der Waals surface area contributed by atoms with Gasteiger partial charge in [0.25, 0.3) is 11.8 Å². The standard InChI is InChI=1S/C15H12N4O2S/c1-9-8-22-15-16-12(10-5-3-2-4-6-10)13(19(9)15)14-18-17-11(20)7-21-14/h2-6,8H,7H2,1H3,(H,17,20). The number of ether oxygens (including phenoxy) is 1. The third-order valence-electron chi connectivity index (χ3n) is 3.41. The molecule has 0 fully saturated rings. The number of amides is 1. The minimum Gasteiger partial charge on any atom is -0.465 e. The highest BCUT2D eigenvalue weighted by molar-refractivity contribution is 7.15. The number of nitrogens with one attached hydrogen (secondary N) is 1. The minimum absolute atomic E-state index is 0.0382. The molecule has 1 N–H and O–H groups in total. The van der Waals surface area contributed by atoms with Gasteiger partial charge in [-0.25, -0.2) is 10.4 Å². The SMILES string of the molecule is Cc1csc2nc(-c3ccccc3)c(C3=NNC(=O)CO3)n12. The zero-order valence-corrected chi connectivity index (χ0v) is 12.6. The summed E-state index contributed by atoms with van der Waals surface area (Å²) < 4.78 is 7.51. The largest absolute Gasteiger partial charge is 0.465 e. The molecule has 1 amide bonds. The van der Waals surface area contributed by atoms with Crippen LogP contribution in [0.15, 0.2) is 40.8 Å². The molecule has 0 radical (unpaired) electrons. The van der Waals surface area contributed by atoms with Gasteiger partial charge < -0.3 is 4.74 Å². The van der Waals surface area contributed by atoms with Gasteiger partial charge in [-0.05, 0) is 6.92 Å². The van der Waals surface area contributed by atoms with Crippen LogP contribution in [0.2, 0.25) is 0 Å². The molecule has 0 bridgehead atoms. The van der Waals surface area contributed by atoms with Gasteiger partial charge in [0.2, 0.25) is 0 Å². The summed E-state index contributed by atoms with van der Waals surface area (Å²) in [5, 5.41) is 6.08. The second kappa shape index (κ2) is 4.96. The van der Waals surface area contributed by atoms with E-state index in [2.05, 4.69) is 10.5 Å². The molecular weight excluding hydrogens is 300 g/mol. The molecular formula is C15H12N4O2S. The predicted octanol–water partition coefficient (Wildman–Crippen LogP) is 2.18. The number of nitrogens with zero attached hydrogens (tertiary/aromatic N) is 3. The van der Waals surface area contributed by atoms with E-state index in [0.29, 0.717) is 5.90 Å². The van der Waals surface area contributed by atoms with Gasteiger partial charge in [0.1, 0.15) is 11.4 Å². The Hall–Kier alpha value is -2.67. The van der Waals surface area contributed by atoms with Gasteiger partial charge in [-0.15, -0.1) is 16.4 Å². The first-order valence-electron chi connectivity index (χ1n) is 6.75. The molecule has 0 spiro atoms. The van der Waals surface area contributed by atoms with E-state index in [4.69, 9.17) is 9.72 Å². The van der Waals surface area contributed by atoms with Crippen LogP contribution in [0, 0.1) is 6.92 Å². The summed E-state index contributed by atoms with van der Waals surface area (Å²) >= 11 is 1.56. The van der Waals surface area contributed by atoms with Crippen molar-refractivity contribution in [3.05, 3.63) is 47.1 Å². The molecule has 3 heterocycles. The summed E-state index contributed by atoms with van der Waals surface area (Å²) in [5.41, 5.74) is 6.05. The van der Waals surface area contributed by atoms with E-state index in [9.17, 15) is 4.79 Å². The lowest BCUT2D eigenvalue weighted by Gasteiger charge is -2.14. The number of hydrogen-bond acceptors (Lipinski definition) is 5. The van der Waals surface area contributed by atoms with E-state index >= 15 is 0 Å². The van der Waals surface area contributed by atoms with Crippen LogP contribution in [0.5, 0.6) is 0 Å². The molecule has 7 heteroatoms. The van der Waals surface area contributed by atoms with Gasteiger partial charge in [0.05, 0.1) is 0 Å². The summed E-state index contributed by atoms with van der Waals surface area (Å²) in [4.78, 5) is 16.8. The van der Waals surface area contributed by atoms with Crippen LogP contribution in [-0.2, 0) is 9.53 Å². The van der Waals surface area contributed by atoms with Crippen molar-refractivity contribution in [1.82, 2.24) is 14.8 Å². The Labute approximate surface area is 130 Å². The summed E-state index contributed by atoms with van der Waals surface area (Å²) in [6.45, 7) is 1.97. The molecule has 4 rings (SSSR count). The van der Waals surface area contributed by atoms with E-state index in [1.54, 1.807) is 11.3 Å². The fourth-order valence-electron chi connectivity index (χ4n) is 2.42. The number of carbonyl (C=O) groups excluding carboxylic acids is 1. The first-order valence-corrected chi connectivity index (χ1v) is 7.63. The quantitative estimate of drug-likeness (QED) is 0.788. The number of fused-ring (bicyclic) bond motifs is 1. The molecule has 1 aliphatic heterocycles.